The van der Waals surface area contributed by atoms with Crippen LogP contribution in [0.5, 0.6) is 5.75 Å². The van der Waals surface area contributed by atoms with Crippen LogP contribution in [0.2, 0.25) is 0 Å². The van der Waals surface area contributed by atoms with E-state index in [1.165, 1.54) is 21.9 Å². The van der Waals surface area contributed by atoms with Gasteiger partial charge in [0.15, 0.2) is 0 Å². The van der Waals surface area contributed by atoms with Gasteiger partial charge in [-0.3, -0.25) is 0 Å². The Morgan fingerprint density at radius 1 is 1.24 bits per heavy atom. The van der Waals surface area contributed by atoms with E-state index in [1.807, 2.05) is 6.07 Å². The molecule has 0 fully saturated rings. The molecule has 2 aromatic carbocycles. The summed E-state index contributed by atoms with van der Waals surface area (Å²) in [4.78, 5) is 0. The largest absolute Gasteiger partial charge is 0.496 e. The molecule has 0 bridgehead atoms. The fourth-order valence-electron chi connectivity index (χ4n) is 2.80. The second kappa shape index (κ2) is 3.92. The quantitative estimate of drug-likeness (QED) is 0.681. The van der Waals surface area contributed by atoms with Crippen LogP contribution in [0.1, 0.15) is 23.4 Å². The van der Waals surface area contributed by atoms with Crippen LogP contribution in [0.4, 0.5) is 0 Å². The Hall–Kier alpha value is -1.21. The normalized spacial score (nSPS) is 22.8. The number of alkyl halides is 1. The number of fused-ring (bicyclic) bond motifs is 3. The molecule has 2 unspecified atom stereocenters. The average molecular weight is 247 g/mol. The third-order valence-electron chi connectivity index (χ3n) is 3.70. The first-order valence-electron chi connectivity index (χ1n) is 5.95. The number of hydrogen-bond donors (Lipinski definition) is 0. The summed E-state index contributed by atoms with van der Waals surface area (Å²) in [6.07, 6.45) is 1.06. The fraction of sp³-hybridized carbons (Fsp3) is 0.333. The summed E-state index contributed by atoms with van der Waals surface area (Å²) in [7, 11) is 1.72. The number of ether oxygens (including phenoxy) is 1. The Bertz CT molecular complexity index is 576. The van der Waals surface area contributed by atoms with Crippen LogP contribution in [-0.2, 0) is 6.42 Å². The van der Waals surface area contributed by atoms with Crippen molar-refractivity contribution in [3.63, 3.8) is 0 Å². The van der Waals surface area contributed by atoms with E-state index in [9.17, 15) is 0 Å². The van der Waals surface area contributed by atoms with Crippen molar-refractivity contribution in [3.05, 3.63) is 41.5 Å². The highest BCUT2D eigenvalue weighted by molar-refractivity contribution is 6.21. The first-order chi connectivity index (χ1) is 8.22. The topological polar surface area (TPSA) is 9.23 Å². The number of methoxy groups -OCH3 is 1. The highest BCUT2D eigenvalue weighted by Gasteiger charge is 2.30. The molecule has 17 heavy (non-hydrogen) atoms. The van der Waals surface area contributed by atoms with Gasteiger partial charge in [0.1, 0.15) is 5.75 Å². The van der Waals surface area contributed by atoms with E-state index in [0.29, 0.717) is 5.92 Å². The highest BCUT2D eigenvalue weighted by atomic mass is 35.5. The van der Waals surface area contributed by atoms with E-state index in [4.69, 9.17) is 16.3 Å². The molecule has 0 amide bonds. The molecule has 1 nitrogen and oxygen atoms in total. The van der Waals surface area contributed by atoms with E-state index in [1.54, 1.807) is 7.11 Å². The summed E-state index contributed by atoms with van der Waals surface area (Å²) in [5, 5.41) is 2.59. The summed E-state index contributed by atoms with van der Waals surface area (Å²) in [5.41, 5.74) is 2.64. The number of halogens is 1. The van der Waals surface area contributed by atoms with Crippen molar-refractivity contribution in [2.75, 3.05) is 7.11 Å². The van der Waals surface area contributed by atoms with Gasteiger partial charge in [0, 0.05) is 5.39 Å². The minimum absolute atomic E-state index is 0.114. The van der Waals surface area contributed by atoms with E-state index >= 15 is 0 Å². The number of rotatable bonds is 1. The average Bonchev–Trinajstić information content (AvgIpc) is 2.65. The first-order valence-corrected chi connectivity index (χ1v) is 6.38. The molecule has 88 valence electrons. The van der Waals surface area contributed by atoms with E-state index < -0.39 is 0 Å². The maximum absolute atomic E-state index is 6.47. The van der Waals surface area contributed by atoms with Crippen LogP contribution in [0, 0.1) is 5.92 Å². The lowest BCUT2D eigenvalue weighted by molar-refractivity contribution is 0.419. The fourth-order valence-corrected chi connectivity index (χ4v) is 3.08. The molecule has 2 heteroatoms. The predicted molar refractivity (Wildman–Crippen MR) is 72.0 cm³/mol. The molecule has 2 atom stereocenters. The SMILES string of the molecule is COc1cc2c(c3ccccc13)CC(C)C2Cl. The summed E-state index contributed by atoms with van der Waals surface area (Å²) in [6, 6.07) is 10.5. The van der Waals surface area contributed by atoms with Crippen LogP contribution < -0.4 is 4.74 Å². The maximum atomic E-state index is 6.47. The molecule has 0 radical (unpaired) electrons. The zero-order valence-electron chi connectivity index (χ0n) is 10.0. The molecule has 0 N–H and O–H groups in total. The van der Waals surface area contributed by atoms with Crippen LogP contribution >= 0.6 is 11.6 Å². The predicted octanol–water partition coefficient (Wildman–Crippen LogP) is 4.32. The zero-order valence-corrected chi connectivity index (χ0v) is 10.8. The van der Waals surface area contributed by atoms with Crippen molar-refractivity contribution in [1.82, 2.24) is 0 Å². The molecule has 0 saturated carbocycles. The Labute approximate surface area is 106 Å². The third kappa shape index (κ3) is 1.53. The molecule has 1 aliphatic carbocycles. The molecular weight excluding hydrogens is 232 g/mol. The van der Waals surface area contributed by atoms with Gasteiger partial charge >= 0.3 is 0 Å². The van der Waals surface area contributed by atoms with Gasteiger partial charge in [-0.25, -0.2) is 0 Å². The Morgan fingerprint density at radius 3 is 2.65 bits per heavy atom. The maximum Gasteiger partial charge on any atom is 0.127 e. The van der Waals surface area contributed by atoms with Crippen molar-refractivity contribution in [2.24, 2.45) is 5.92 Å². The standard InChI is InChI=1S/C15H15ClO/c1-9-7-12-10-5-3-4-6-11(10)14(17-2)8-13(12)15(9)16/h3-6,8-9,15H,7H2,1-2H3. The second-order valence-electron chi connectivity index (χ2n) is 4.78. The third-order valence-corrected chi connectivity index (χ3v) is 4.36. The lowest BCUT2D eigenvalue weighted by Crippen LogP contribution is -1.94. The molecule has 3 rings (SSSR count). The van der Waals surface area contributed by atoms with E-state index in [0.717, 1.165) is 12.2 Å². The van der Waals surface area contributed by atoms with Gasteiger partial charge in [-0.05, 0) is 34.9 Å². The summed E-state index contributed by atoms with van der Waals surface area (Å²) < 4.78 is 5.48. The van der Waals surface area contributed by atoms with E-state index in [-0.39, 0.29) is 5.38 Å². The van der Waals surface area contributed by atoms with E-state index in [2.05, 4.69) is 31.2 Å². The van der Waals surface area contributed by atoms with Gasteiger partial charge in [0.2, 0.25) is 0 Å². The highest BCUT2D eigenvalue weighted by Crippen LogP contribution is 2.46. The van der Waals surface area contributed by atoms with Crippen molar-refractivity contribution in [2.45, 2.75) is 18.7 Å². The Morgan fingerprint density at radius 2 is 1.94 bits per heavy atom. The molecule has 0 saturated heterocycles. The first kappa shape index (κ1) is 10.9. The van der Waals surface area contributed by atoms with Crippen LogP contribution in [0.3, 0.4) is 0 Å². The lowest BCUT2D eigenvalue weighted by Gasteiger charge is -2.12. The monoisotopic (exact) mass is 246 g/mol. The van der Waals surface area contributed by atoms with Crippen molar-refractivity contribution < 1.29 is 4.74 Å². The van der Waals surface area contributed by atoms with Gasteiger partial charge in [-0.15, -0.1) is 11.6 Å². The molecule has 2 aromatic rings. The molecule has 0 spiro atoms. The Kier molecular flexibility index (Phi) is 2.52. The minimum Gasteiger partial charge on any atom is -0.496 e. The van der Waals surface area contributed by atoms with Gasteiger partial charge < -0.3 is 4.74 Å². The smallest absolute Gasteiger partial charge is 0.127 e. The number of hydrogen-bond acceptors (Lipinski definition) is 1. The summed E-state index contributed by atoms with van der Waals surface area (Å²) in [6.45, 7) is 2.21. The lowest BCUT2D eigenvalue weighted by atomic mass is 10.00. The second-order valence-corrected chi connectivity index (χ2v) is 5.25. The van der Waals surface area contributed by atoms with Gasteiger partial charge in [0.05, 0.1) is 12.5 Å². The van der Waals surface area contributed by atoms with Crippen LogP contribution in [-0.4, -0.2) is 7.11 Å². The molecule has 0 heterocycles. The molecule has 1 aliphatic rings. The van der Waals surface area contributed by atoms with Gasteiger partial charge in [-0.2, -0.15) is 0 Å². The molecular formula is C15H15ClO. The van der Waals surface area contributed by atoms with Gasteiger partial charge in [-0.1, -0.05) is 31.2 Å². The van der Waals surface area contributed by atoms with Crippen LogP contribution in [0.25, 0.3) is 10.8 Å². The van der Waals surface area contributed by atoms with Crippen molar-refractivity contribution >= 4 is 22.4 Å². The van der Waals surface area contributed by atoms with Crippen molar-refractivity contribution in [1.29, 1.82) is 0 Å². The number of benzene rings is 2. The van der Waals surface area contributed by atoms with Gasteiger partial charge in [0.25, 0.3) is 0 Å². The minimum atomic E-state index is 0.114. The molecule has 0 aliphatic heterocycles. The zero-order chi connectivity index (χ0) is 12.0. The summed E-state index contributed by atoms with van der Waals surface area (Å²) in [5.74, 6) is 1.43. The summed E-state index contributed by atoms with van der Waals surface area (Å²) >= 11 is 6.47. The van der Waals surface area contributed by atoms with Crippen molar-refractivity contribution in [3.8, 4) is 5.75 Å². The van der Waals surface area contributed by atoms with Crippen LogP contribution in [0.15, 0.2) is 30.3 Å². The molecule has 0 aromatic heterocycles. The Balaban J connectivity index is 2.36.